The quantitative estimate of drug-likeness (QED) is 0.413. The third-order valence-corrected chi connectivity index (χ3v) is 4.29. The summed E-state index contributed by atoms with van der Waals surface area (Å²) < 4.78 is 10.4. The van der Waals surface area contributed by atoms with Crippen molar-refractivity contribution in [1.29, 1.82) is 0 Å². The van der Waals surface area contributed by atoms with E-state index in [2.05, 4.69) is 10.1 Å². The molecule has 0 unspecified atom stereocenters. The van der Waals surface area contributed by atoms with Gasteiger partial charge in [0.1, 0.15) is 0 Å². The summed E-state index contributed by atoms with van der Waals surface area (Å²) in [7, 11) is 0. The highest BCUT2D eigenvalue weighted by atomic mass is 16.6. The Kier molecular flexibility index (Phi) is 5.68. The van der Waals surface area contributed by atoms with Gasteiger partial charge >= 0.3 is 5.97 Å². The molecule has 0 radical (unpaired) electrons. The molecular weight excluding hydrogens is 352 g/mol. The number of anilines is 1. The molecule has 3 rings (SSSR count). The third-order valence-electron chi connectivity index (χ3n) is 4.29. The molecule has 0 aliphatic carbocycles. The minimum atomic E-state index is -0.649. The van der Waals surface area contributed by atoms with Crippen molar-refractivity contribution in [2.45, 2.75) is 39.7 Å². The van der Waals surface area contributed by atoms with Crippen LogP contribution < -0.4 is 4.90 Å². The minimum absolute atomic E-state index is 0.151. The summed E-state index contributed by atoms with van der Waals surface area (Å²) in [4.78, 5) is 29.4. The molecule has 1 aromatic heterocycles. The first kappa shape index (κ1) is 18.8. The number of hydrogen-bond acceptors (Lipinski definition) is 8. The zero-order valence-electron chi connectivity index (χ0n) is 15.4. The monoisotopic (exact) mass is 374 g/mol. The van der Waals surface area contributed by atoms with E-state index in [1.165, 1.54) is 12.1 Å². The van der Waals surface area contributed by atoms with Gasteiger partial charge in [-0.25, -0.2) is 4.79 Å². The highest BCUT2D eigenvalue weighted by Crippen LogP contribution is 2.29. The maximum absolute atomic E-state index is 12.6. The van der Waals surface area contributed by atoms with Crippen molar-refractivity contribution in [3.8, 4) is 0 Å². The van der Waals surface area contributed by atoms with Crippen molar-refractivity contribution in [3.05, 3.63) is 45.6 Å². The van der Waals surface area contributed by atoms with Gasteiger partial charge in [-0.3, -0.25) is 10.1 Å². The van der Waals surface area contributed by atoms with E-state index in [1.54, 1.807) is 6.07 Å². The predicted molar refractivity (Wildman–Crippen MR) is 96.5 cm³/mol. The van der Waals surface area contributed by atoms with Crippen molar-refractivity contribution in [2.75, 3.05) is 18.0 Å². The number of non-ortho nitro benzene ring substituents is 1. The summed E-state index contributed by atoms with van der Waals surface area (Å²) in [5.41, 5.74) is 0.670. The summed E-state index contributed by atoms with van der Waals surface area (Å²) in [6, 6.07) is 4.27. The van der Waals surface area contributed by atoms with E-state index in [1.807, 2.05) is 18.7 Å². The zero-order valence-corrected chi connectivity index (χ0v) is 15.4. The molecule has 0 atom stereocenters. The van der Waals surface area contributed by atoms with Gasteiger partial charge in [0.25, 0.3) is 11.6 Å². The molecule has 1 aromatic carbocycles. The molecule has 1 fully saturated rings. The van der Waals surface area contributed by atoms with Gasteiger partial charge in [-0.1, -0.05) is 19.0 Å². The maximum atomic E-state index is 12.6. The molecule has 9 nitrogen and oxygen atoms in total. The molecule has 0 bridgehead atoms. The molecule has 1 aliphatic heterocycles. The van der Waals surface area contributed by atoms with Crippen LogP contribution in [0.25, 0.3) is 0 Å². The van der Waals surface area contributed by atoms with E-state index in [9.17, 15) is 14.9 Å². The van der Waals surface area contributed by atoms with Gasteiger partial charge in [-0.15, -0.1) is 0 Å². The van der Waals surface area contributed by atoms with Gasteiger partial charge in [0.05, 0.1) is 16.2 Å². The molecule has 2 aromatic rings. The lowest BCUT2D eigenvalue weighted by atomic mass is 10.1. The predicted octanol–water partition coefficient (Wildman–Crippen LogP) is 3.13. The van der Waals surface area contributed by atoms with Crippen molar-refractivity contribution >= 4 is 17.3 Å². The summed E-state index contributed by atoms with van der Waals surface area (Å²) in [6.45, 7) is 5.52. The maximum Gasteiger partial charge on any atom is 0.341 e. The number of rotatable bonds is 7. The number of nitro groups is 1. The van der Waals surface area contributed by atoms with Crippen LogP contribution in [0.3, 0.4) is 0 Å². The van der Waals surface area contributed by atoms with Crippen molar-refractivity contribution < 1.29 is 19.0 Å². The first-order valence-electron chi connectivity index (χ1n) is 8.96. The number of aromatic nitrogens is 2. The molecule has 1 aliphatic rings. The van der Waals surface area contributed by atoms with E-state index in [-0.39, 0.29) is 23.7 Å². The fourth-order valence-corrected chi connectivity index (χ4v) is 3.04. The second kappa shape index (κ2) is 8.15. The second-order valence-electron chi connectivity index (χ2n) is 6.93. The summed E-state index contributed by atoms with van der Waals surface area (Å²) in [5, 5.41) is 14.9. The molecule has 0 spiro atoms. The first-order valence-corrected chi connectivity index (χ1v) is 8.96. The van der Waals surface area contributed by atoms with Crippen LogP contribution >= 0.6 is 0 Å². The number of ether oxygens (including phenoxy) is 1. The van der Waals surface area contributed by atoms with Crippen molar-refractivity contribution in [3.63, 3.8) is 0 Å². The fourth-order valence-electron chi connectivity index (χ4n) is 3.04. The highest BCUT2D eigenvalue weighted by Gasteiger charge is 2.24. The number of hydrogen-bond donors (Lipinski definition) is 0. The van der Waals surface area contributed by atoms with E-state index in [0.29, 0.717) is 23.9 Å². The van der Waals surface area contributed by atoms with Gasteiger partial charge in [0, 0.05) is 31.6 Å². The van der Waals surface area contributed by atoms with Gasteiger partial charge in [-0.2, -0.15) is 4.98 Å². The Morgan fingerprint density at radius 1 is 1.37 bits per heavy atom. The standard InChI is InChI=1S/C18H22N4O5/c1-12(2)9-16-19-17(27-20-16)11-26-18(23)14-10-13(22(24)25)5-6-15(14)21-7-3-4-8-21/h5-6,10,12H,3-4,7-9,11H2,1-2H3. The number of nitrogens with zero attached hydrogens (tertiary/aromatic N) is 4. The summed E-state index contributed by atoms with van der Waals surface area (Å²) in [5.74, 6) is 0.492. The molecule has 27 heavy (non-hydrogen) atoms. The van der Waals surface area contributed by atoms with Gasteiger partial charge in [0.15, 0.2) is 12.4 Å². The number of carbonyl (C=O) groups is 1. The Morgan fingerprint density at radius 2 is 2.11 bits per heavy atom. The zero-order chi connectivity index (χ0) is 19.4. The number of nitro benzene ring substituents is 1. The van der Waals surface area contributed by atoms with Crippen LogP contribution in [0.5, 0.6) is 0 Å². The van der Waals surface area contributed by atoms with Gasteiger partial charge in [-0.05, 0) is 24.8 Å². The summed E-state index contributed by atoms with van der Waals surface area (Å²) in [6.07, 6.45) is 2.71. The minimum Gasteiger partial charge on any atom is -0.452 e. The summed E-state index contributed by atoms with van der Waals surface area (Å²) >= 11 is 0. The number of benzene rings is 1. The van der Waals surface area contributed by atoms with Crippen LogP contribution in [0.1, 0.15) is 48.8 Å². The molecule has 0 N–H and O–H groups in total. The Bertz CT molecular complexity index is 827. The van der Waals surface area contributed by atoms with Crippen LogP contribution in [-0.4, -0.2) is 34.1 Å². The molecule has 0 amide bonds. The lowest BCUT2D eigenvalue weighted by Gasteiger charge is -2.20. The Balaban J connectivity index is 1.75. The Morgan fingerprint density at radius 3 is 2.78 bits per heavy atom. The average Bonchev–Trinajstić information content (AvgIpc) is 3.30. The second-order valence-corrected chi connectivity index (χ2v) is 6.93. The topological polar surface area (TPSA) is 112 Å². The number of esters is 1. The van der Waals surface area contributed by atoms with Crippen molar-refractivity contribution in [1.82, 2.24) is 10.1 Å². The fraction of sp³-hybridized carbons (Fsp3) is 0.500. The average molecular weight is 374 g/mol. The smallest absolute Gasteiger partial charge is 0.341 e. The van der Waals surface area contributed by atoms with E-state index >= 15 is 0 Å². The molecule has 0 saturated carbocycles. The van der Waals surface area contributed by atoms with Crippen molar-refractivity contribution in [2.24, 2.45) is 5.92 Å². The van der Waals surface area contributed by atoms with Gasteiger partial charge < -0.3 is 14.2 Å². The Hall–Kier alpha value is -2.97. The SMILES string of the molecule is CC(C)Cc1noc(COC(=O)c2cc([N+](=O)[O-])ccc2N2CCCC2)n1. The van der Waals surface area contributed by atoms with Gasteiger partial charge in [0.2, 0.25) is 0 Å². The molecule has 1 saturated heterocycles. The lowest BCUT2D eigenvalue weighted by Crippen LogP contribution is -2.21. The highest BCUT2D eigenvalue weighted by molar-refractivity contribution is 5.96. The largest absolute Gasteiger partial charge is 0.452 e. The van der Waals surface area contributed by atoms with Crippen LogP contribution in [0.15, 0.2) is 22.7 Å². The normalized spacial score (nSPS) is 14.0. The first-order chi connectivity index (χ1) is 12.9. The molecular formula is C18H22N4O5. The van der Waals surface area contributed by atoms with Crippen LogP contribution in [0, 0.1) is 16.0 Å². The van der Waals surface area contributed by atoms with Crippen LogP contribution in [0.2, 0.25) is 0 Å². The third kappa shape index (κ3) is 4.60. The van der Waals surface area contributed by atoms with E-state index < -0.39 is 10.9 Å². The number of carbonyl (C=O) groups excluding carboxylic acids is 1. The van der Waals surface area contributed by atoms with Crippen LogP contribution in [-0.2, 0) is 17.8 Å². The molecule has 144 valence electrons. The van der Waals surface area contributed by atoms with E-state index in [4.69, 9.17) is 9.26 Å². The van der Waals surface area contributed by atoms with Crippen LogP contribution in [0.4, 0.5) is 11.4 Å². The molecule has 9 heteroatoms. The molecule has 2 heterocycles. The Labute approximate surface area is 156 Å². The van der Waals surface area contributed by atoms with E-state index in [0.717, 1.165) is 25.9 Å². The lowest BCUT2D eigenvalue weighted by molar-refractivity contribution is -0.384.